The fraction of sp³-hybridized carbons (Fsp3) is 0.462. The number of benzene rings is 1. The van der Waals surface area contributed by atoms with Gasteiger partial charge in [-0.1, -0.05) is 0 Å². The van der Waals surface area contributed by atoms with Crippen LogP contribution in [0.3, 0.4) is 0 Å². The van der Waals surface area contributed by atoms with E-state index in [2.05, 4.69) is 5.32 Å². The highest BCUT2D eigenvalue weighted by Gasteiger charge is 2.22. The second-order valence-electron chi connectivity index (χ2n) is 5.05. The molecule has 1 aromatic rings. The molecule has 2 rings (SSSR count). The van der Waals surface area contributed by atoms with Gasteiger partial charge in [-0.3, -0.25) is 14.9 Å². The first kappa shape index (κ1) is 14.3. The third-order valence-electron chi connectivity index (χ3n) is 3.54. The van der Waals surface area contributed by atoms with Gasteiger partial charge in [0.2, 0.25) is 0 Å². The van der Waals surface area contributed by atoms with E-state index in [9.17, 15) is 20.0 Å². The van der Waals surface area contributed by atoms with Gasteiger partial charge in [0.25, 0.3) is 5.91 Å². The van der Waals surface area contributed by atoms with Crippen molar-refractivity contribution in [2.24, 2.45) is 5.73 Å². The highest BCUT2D eigenvalue weighted by Crippen LogP contribution is 2.26. The Bertz CT molecular complexity index is 524. The number of phenolic OH excluding ortho intramolecular Hbond substituents is 1. The number of rotatable bonds is 3. The van der Waals surface area contributed by atoms with Crippen molar-refractivity contribution in [2.75, 3.05) is 0 Å². The third kappa shape index (κ3) is 3.24. The van der Waals surface area contributed by atoms with Crippen LogP contribution in [-0.2, 0) is 0 Å². The lowest BCUT2D eigenvalue weighted by atomic mass is 9.91. The molecule has 1 fully saturated rings. The third-order valence-corrected chi connectivity index (χ3v) is 3.54. The maximum atomic E-state index is 12.0. The summed E-state index contributed by atoms with van der Waals surface area (Å²) in [4.78, 5) is 21.9. The Morgan fingerprint density at radius 3 is 2.55 bits per heavy atom. The summed E-state index contributed by atoms with van der Waals surface area (Å²) in [7, 11) is 0. The first-order valence-electron chi connectivity index (χ1n) is 6.51. The molecule has 0 aliphatic heterocycles. The van der Waals surface area contributed by atoms with Crippen LogP contribution in [0, 0.1) is 10.1 Å². The first-order valence-corrected chi connectivity index (χ1v) is 6.51. The number of nitrogens with two attached hydrogens (primary N) is 1. The molecule has 0 unspecified atom stereocenters. The zero-order chi connectivity index (χ0) is 14.7. The number of carbonyl (C=O) groups excluding carboxylic acids is 1. The number of carbonyl (C=O) groups is 1. The summed E-state index contributed by atoms with van der Waals surface area (Å²) in [6, 6.07) is 3.84. The summed E-state index contributed by atoms with van der Waals surface area (Å²) in [5, 5.41) is 23.0. The second kappa shape index (κ2) is 5.87. The van der Waals surface area contributed by atoms with E-state index in [4.69, 9.17) is 5.73 Å². The lowest BCUT2D eigenvalue weighted by Gasteiger charge is -2.26. The van der Waals surface area contributed by atoms with Crippen LogP contribution in [0.15, 0.2) is 18.2 Å². The van der Waals surface area contributed by atoms with E-state index < -0.39 is 16.4 Å². The zero-order valence-corrected chi connectivity index (χ0v) is 10.9. The van der Waals surface area contributed by atoms with E-state index in [0.717, 1.165) is 37.8 Å². The number of amides is 1. The van der Waals surface area contributed by atoms with E-state index in [1.807, 2.05) is 0 Å². The quantitative estimate of drug-likeness (QED) is 0.569. The van der Waals surface area contributed by atoms with Gasteiger partial charge in [-0.2, -0.15) is 0 Å². The lowest BCUT2D eigenvalue weighted by Crippen LogP contribution is -2.40. The molecule has 0 saturated heterocycles. The van der Waals surface area contributed by atoms with Crippen LogP contribution >= 0.6 is 0 Å². The van der Waals surface area contributed by atoms with Crippen molar-refractivity contribution in [2.45, 2.75) is 37.8 Å². The summed E-state index contributed by atoms with van der Waals surface area (Å²) in [6.07, 6.45) is 3.39. The number of hydrogen-bond donors (Lipinski definition) is 3. The number of nitrogens with one attached hydrogen (secondary N) is 1. The normalized spacial score (nSPS) is 22.2. The number of hydrogen-bond acceptors (Lipinski definition) is 5. The molecule has 0 radical (unpaired) electrons. The average Bonchev–Trinajstić information content (AvgIpc) is 2.40. The summed E-state index contributed by atoms with van der Waals surface area (Å²) >= 11 is 0. The lowest BCUT2D eigenvalue weighted by molar-refractivity contribution is -0.385. The van der Waals surface area contributed by atoms with E-state index in [1.165, 1.54) is 6.07 Å². The van der Waals surface area contributed by atoms with Crippen molar-refractivity contribution in [3.8, 4) is 5.75 Å². The molecule has 0 spiro atoms. The van der Waals surface area contributed by atoms with E-state index in [0.29, 0.717) is 0 Å². The largest absolute Gasteiger partial charge is 0.502 e. The van der Waals surface area contributed by atoms with Crippen molar-refractivity contribution in [3.63, 3.8) is 0 Å². The van der Waals surface area contributed by atoms with Crippen molar-refractivity contribution in [1.29, 1.82) is 0 Å². The molecule has 0 bridgehead atoms. The number of nitrogens with zero attached hydrogens (tertiary/aromatic N) is 1. The Hall–Kier alpha value is -2.15. The van der Waals surface area contributed by atoms with Crippen molar-refractivity contribution < 1.29 is 14.8 Å². The molecular formula is C13H17N3O4. The number of nitro benzene ring substituents is 1. The molecule has 7 heteroatoms. The predicted molar refractivity (Wildman–Crippen MR) is 72.5 cm³/mol. The van der Waals surface area contributed by atoms with Gasteiger partial charge < -0.3 is 16.2 Å². The molecule has 1 saturated carbocycles. The molecule has 0 heterocycles. The Morgan fingerprint density at radius 1 is 1.35 bits per heavy atom. The van der Waals surface area contributed by atoms with E-state index >= 15 is 0 Å². The first-order chi connectivity index (χ1) is 9.47. The van der Waals surface area contributed by atoms with Crippen LogP contribution < -0.4 is 11.1 Å². The second-order valence-corrected chi connectivity index (χ2v) is 5.05. The van der Waals surface area contributed by atoms with Gasteiger partial charge in [0, 0.05) is 23.7 Å². The highest BCUT2D eigenvalue weighted by atomic mass is 16.6. The minimum absolute atomic E-state index is 0.0691. The molecule has 0 atom stereocenters. The Balaban J connectivity index is 2.02. The molecule has 20 heavy (non-hydrogen) atoms. The smallest absolute Gasteiger partial charge is 0.310 e. The SMILES string of the molecule is NC1CCC(NC(=O)c2ccc([N+](=O)[O-])c(O)c2)CC1. The topological polar surface area (TPSA) is 118 Å². The number of phenols is 1. The zero-order valence-electron chi connectivity index (χ0n) is 10.9. The summed E-state index contributed by atoms with van der Waals surface area (Å²) in [5.41, 5.74) is 5.59. The fourth-order valence-corrected chi connectivity index (χ4v) is 2.35. The summed E-state index contributed by atoms with van der Waals surface area (Å²) < 4.78 is 0. The van der Waals surface area contributed by atoms with Crippen LogP contribution in [0.25, 0.3) is 0 Å². The van der Waals surface area contributed by atoms with Crippen LogP contribution in [0.5, 0.6) is 5.75 Å². The van der Waals surface area contributed by atoms with Gasteiger partial charge in [0.05, 0.1) is 4.92 Å². The Labute approximate surface area is 115 Å². The summed E-state index contributed by atoms with van der Waals surface area (Å²) in [6.45, 7) is 0. The number of aromatic hydroxyl groups is 1. The van der Waals surface area contributed by atoms with Gasteiger partial charge in [-0.15, -0.1) is 0 Å². The van der Waals surface area contributed by atoms with Crippen molar-refractivity contribution >= 4 is 11.6 Å². The van der Waals surface area contributed by atoms with Crippen LogP contribution in [0.2, 0.25) is 0 Å². The summed E-state index contributed by atoms with van der Waals surface area (Å²) in [5.74, 6) is -0.844. The van der Waals surface area contributed by atoms with Gasteiger partial charge in [-0.05, 0) is 37.8 Å². The van der Waals surface area contributed by atoms with Gasteiger partial charge >= 0.3 is 5.69 Å². The molecule has 4 N–H and O–H groups in total. The maximum Gasteiger partial charge on any atom is 0.310 e. The molecule has 0 aromatic heterocycles. The fourth-order valence-electron chi connectivity index (χ4n) is 2.35. The van der Waals surface area contributed by atoms with Crippen molar-refractivity contribution in [3.05, 3.63) is 33.9 Å². The minimum Gasteiger partial charge on any atom is -0.502 e. The van der Waals surface area contributed by atoms with Crippen LogP contribution in [-0.4, -0.2) is 28.0 Å². The van der Waals surface area contributed by atoms with Crippen LogP contribution in [0.4, 0.5) is 5.69 Å². The molecule has 1 amide bonds. The average molecular weight is 279 g/mol. The monoisotopic (exact) mass is 279 g/mol. The molecule has 1 aliphatic rings. The molecular weight excluding hydrogens is 262 g/mol. The molecule has 108 valence electrons. The minimum atomic E-state index is -0.695. The van der Waals surface area contributed by atoms with Gasteiger partial charge in [-0.25, -0.2) is 0 Å². The predicted octanol–water partition coefficient (Wildman–Crippen LogP) is 1.30. The Kier molecular flexibility index (Phi) is 4.19. The Morgan fingerprint density at radius 2 is 2.00 bits per heavy atom. The maximum absolute atomic E-state index is 12.0. The van der Waals surface area contributed by atoms with Gasteiger partial charge in [0.1, 0.15) is 0 Å². The number of nitro groups is 1. The standard InChI is InChI=1S/C13H17N3O4/c14-9-2-4-10(5-3-9)15-13(18)8-1-6-11(16(19)20)12(17)7-8/h1,6-7,9-10,17H,2-5,14H2,(H,15,18). The van der Waals surface area contributed by atoms with Crippen molar-refractivity contribution in [1.82, 2.24) is 5.32 Å². The van der Waals surface area contributed by atoms with E-state index in [1.54, 1.807) is 0 Å². The molecule has 1 aromatic carbocycles. The van der Waals surface area contributed by atoms with Gasteiger partial charge in [0.15, 0.2) is 5.75 Å². The van der Waals surface area contributed by atoms with Crippen LogP contribution in [0.1, 0.15) is 36.0 Å². The highest BCUT2D eigenvalue weighted by molar-refractivity contribution is 5.95. The van der Waals surface area contributed by atoms with E-state index in [-0.39, 0.29) is 23.6 Å². The molecule has 1 aliphatic carbocycles. The molecule has 7 nitrogen and oxygen atoms in total.